The normalized spacial score (nSPS) is 16.2. The molecule has 0 aliphatic carbocycles. The predicted molar refractivity (Wildman–Crippen MR) is 129 cm³/mol. The van der Waals surface area contributed by atoms with Crippen molar-refractivity contribution in [3.05, 3.63) is 71.2 Å². The van der Waals surface area contributed by atoms with Gasteiger partial charge in [0.2, 0.25) is 5.95 Å². The SMILES string of the molecule is Cc1nc(C(=O)N2CCCC[C@@H]2CNc2ncc3ccccc3n2)c(-c2ccc(F)cc2)s1. The highest BCUT2D eigenvalue weighted by Gasteiger charge is 2.31. The number of halogens is 1. The number of fused-ring (bicyclic) bond motifs is 1. The number of hydrogen-bond donors (Lipinski definition) is 1. The van der Waals surface area contributed by atoms with Crippen molar-refractivity contribution in [2.45, 2.75) is 32.2 Å². The van der Waals surface area contributed by atoms with Crippen LogP contribution in [0.25, 0.3) is 21.3 Å². The van der Waals surface area contributed by atoms with Crippen LogP contribution >= 0.6 is 11.3 Å². The molecule has 5 rings (SSSR count). The number of thiazole rings is 1. The summed E-state index contributed by atoms with van der Waals surface area (Å²) in [6.45, 7) is 3.14. The van der Waals surface area contributed by atoms with Gasteiger partial charge in [-0.15, -0.1) is 11.3 Å². The number of amides is 1. The summed E-state index contributed by atoms with van der Waals surface area (Å²) in [7, 11) is 0. The van der Waals surface area contributed by atoms with Crippen LogP contribution in [0.5, 0.6) is 0 Å². The molecule has 0 spiro atoms. The fourth-order valence-electron chi connectivity index (χ4n) is 4.25. The lowest BCUT2D eigenvalue weighted by Crippen LogP contribution is -2.47. The molecular formula is C25H24FN5OS. The molecule has 168 valence electrons. The maximum Gasteiger partial charge on any atom is 0.274 e. The average Bonchev–Trinajstić information content (AvgIpc) is 3.24. The highest BCUT2D eigenvalue weighted by atomic mass is 32.1. The van der Waals surface area contributed by atoms with Gasteiger partial charge in [-0.25, -0.2) is 19.3 Å². The van der Waals surface area contributed by atoms with Crippen LogP contribution in [0.2, 0.25) is 0 Å². The molecule has 2 aromatic heterocycles. The van der Waals surface area contributed by atoms with Crippen molar-refractivity contribution < 1.29 is 9.18 Å². The monoisotopic (exact) mass is 461 g/mol. The van der Waals surface area contributed by atoms with Gasteiger partial charge in [-0.3, -0.25) is 4.79 Å². The van der Waals surface area contributed by atoms with E-state index in [2.05, 4.69) is 20.3 Å². The van der Waals surface area contributed by atoms with Crippen molar-refractivity contribution in [3.8, 4) is 10.4 Å². The minimum absolute atomic E-state index is 0.0180. The lowest BCUT2D eigenvalue weighted by Gasteiger charge is -2.35. The average molecular weight is 462 g/mol. The fourth-order valence-corrected chi connectivity index (χ4v) is 5.17. The number of nitrogens with one attached hydrogen (secondary N) is 1. The van der Waals surface area contributed by atoms with Gasteiger partial charge in [0.05, 0.1) is 15.4 Å². The molecule has 4 aromatic rings. The van der Waals surface area contributed by atoms with E-state index in [0.717, 1.165) is 45.6 Å². The van der Waals surface area contributed by atoms with Gasteiger partial charge in [0, 0.05) is 30.7 Å². The van der Waals surface area contributed by atoms with E-state index in [0.29, 0.717) is 24.7 Å². The maximum absolute atomic E-state index is 13.6. The van der Waals surface area contributed by atoms with Crippen LogP contribution in [0.4, 0.5) is 10.3 Å². The van der Waals surface area contributed by atoms with Crippen LogP contribution in [-0.2, 0) is 0 Å². The Kier molecular flexibility index (Phi) is 6.00. The number of hydrogen-bond acceptors (Lipinski definition) is 6. The third-order valence-corrected chi connectivity index (χ3v) is 6.94. The fraction of sp³-hybridized carbons (Fsp3) is 0.280. The number of likely N-dealkylation sites (tertiary alicyclic amines) is 1. The molecule has 1 aliphatic heterocycles. The summed E-state index contributed by atoms with van der Waals surface area (Å²) in [6.07, 6.45) is 4.74. The molecule has 1 fully saturated rings. The first kappa shape index (κ1) is 21.5. The summed E-state index contributed by atoms with van der Waals surface area (Å²) < 4.78 is 13.4. The molecule has 0 bridgehead atoms. The van der Waals surface area contributed by atoms with Crippen molar-refractivity contribution in [3.63, 3.8) is 0 Å². The summed E-state index contributed by atoms with van der Waals surface area (Å²) in [4.78, 5) is 29.9. The standard InChI is InChI=1S/C25H24FN5OS/c1-16-29-22(23(33-16)17-9-11-19(26)12-10-17)24(32)31-13-5-4-7-20(31)15-28-25-27-14-18-6-2-3-8-21(18)30-25/h2-3,6,8-12,14,20H,4-5,7,13,15H2,1H3,(H,27,28,30)/t20-/m1/s1. The minimum Gasteiger partial charge on any atom is -0.352 e. The Bertz CT molecular complexity index is 1290. The predicted octanol–water partition coefficient (Wildman–Crippen LogP) is 5.31. The van der Waals surface area contributed by atoms with Crippen LogP contribution in [0.3, 0.4) is 0 Å². The van der Waals surface area contributed by atoms with Gasteiger partial charge in [-0.05, 0) is 49.9 Å². The van der Waals surface area contributed by atoms with E-state index in [1.807, 2.05) is 42.3 Å². The number of rotatable bonds is 5. The number of aryl methyl sites for hydroxylation is 1. The molecule has 8 heteroatoms. The van der Waals surface area contributed by atoms with Gasteiger partial charge >= 0.3 is 0 Å². The highest BCUT2D eigenvalue weighted by Crippen LogP contribution is 2.32. The Morgan fingerprint density at radius 2 is 1.97 bits per heavy atom. The molecule has 0 saturated carbocycles. The van der Waals surface area contributed by atoms with Gasteiger partial charge < -0.3 is 10.2 Å². The minimum atomic E-state index is -0.300. The molecule has 33 heavy (non-hydrogen) atoms. The van der Waals surface area contributed by atoms with Crippen molar-refractivity contribution in [1.82, 2.24) is 19.9 Å². The number of piperidine rings is 1. The Labute approximate surface area is 195 Å². The maximum atomic E-state index is 13.6. The largest absolute Gasteiger partial charge is 0.352 e. The van der Waals surface area contributed by atoms with Gasteiger partial charge in [0.15, 0.2) is 0 Å². The molecule has 1 aliphatic rings. The molecule has 2 aromatic carbocycles. The first-order valence-corrected chi connectivity index (χ1v) is 11.9. The summed E-state index contributed by atoms with van der Waals surface area (Å²) in [5.41, 5.74) is 2.13. The number of carbonyl (C=O) groups is 1. The number of anilines is 1. The number of aromatic nitrogens is 3. The topological polar surface area (TPSA) is 71.0 Å². The van der Waals surface area contributed by atoms with Gasteiger partial charge in [-0.1, -0.05) is 30.3 Å². The van der Waals surface area contributed by atoms with Crippen LogP contribution in [-0.4, -0.2) is 44.9 Å². The van der Waals surface area contributed by atoms with Gasteiger partial charge in [-0.2, -0.15) is 0 Å². The molecule has 1 atom stereocenters. The van der Waals surface area contributed by atoms with Crippen molar-refractivity contribution in [2.24, 2.45) is 0 Å². The summed E-state index contributed by atoms with van der Waals surface area (Å²) in [6, 6.07) is 14.1. The third-order valence-electron chi connectivity index (χ3n) is 5.92. The van der Waals surface area contributed by atoms with E-state index in [9.17, 15) is 9.18 Å². The Morgan fingerprint density at radius 3 is 2.82 bits per heavy atom. The van der Waals surface area contributed by atoms with Gasteiger partial charge in [0.1, 0.15) is 11.5 Å². The molecule has 0 radical (unpaired) electrons. The van der Waals surface area contributed by atoms with E-state index in [1.165, 1.54) is 23.5 Å². The van der Waals surface area contributed by atoms with E-state index in [-0.39, 0.29) is 17.8 Å². The quantitative estimate of drug-likeness (QED) is 0.436. The van der Waals surface area contributed by atoms with Crippen LogP contribution in [0, 0.1) is 12.7 Å². The number of carbonyl (C=O) groups excluding carboxylic acids is 1. The molecule has 1 amide bonds. The van der Waals surface area contributed by atoms with E-state index in [4.69, 9.17) is 0 Å². The van der Waals surface area contributed by atoms with Crippen molar-refractivity contribution in [1.29, 1.82) is 0 Å². The summed E-state index contributed by atoms with van der Waals surface area (Å²) in [5, 5.41) is 5.13. The second-order valence-electron chi connectivity index (χ2n) is 8.20. The molecule has 6 nitrogen and oxygen atoms in total. The Hall–Kier alpha value is -3.39. The van der Waals surface area contributed by atoms with Crippen LogP contribution in [0.1, 0.15) is 34.8 Å². The lowest BCUT2D eigenvalue weighted by molar-refractivity contribution is 0.0623. The number of benzene rings is 2. The van der Waals surface area contributed by atoms with Crippen LogP contribution < -0.4 is 5.32 Å². The van der Waals surface area contributed by atoms with Gasteiger partial charge in [0.25, 0.3) is 5.91 Å². The molecule has 3 heterocycles. The van der Waals surface area contributed by atoms with E-state index >= 15 is 0 Å². The molecule has 1 saturated heterocycles. The summed E-state index contributed by atoms with van der Waals surface area (Å²) in [5.74, 6) is 0.179. The third kappa shape index (κ3) is 4.57. The Morgan fingerprint density at radius 1 is 1.15 bits per heavy atom. The zero-order valence-electron chi connectivity index (χ0n) is 18.3. The number of para-hydroxylation sites is 1. The molecule has 0 unspecified atom stereocenters. The van der Waals surface area contributed by atoms with E-state index in [1.54, 1.807) is 12.1 Å². The van der Waals surface area contributed by atoms with E-state index < -0.39 is 0 Å². The van der Waals surface area contributed by atoms with Crippen LogP contribution in [0.15, 0.2) is 54.7 Å². The second kappa shape index (κ2) is 9.23. The zero-order chi connectivity index (χ0) is 22.8. The molecular weight excluding hydrogens is 437 g/mol. The Balaban J connectivity index is 1.36. The van der Waals surface area contributed by atoms with Crippen molar-refractivity contribution in [2.75, 3.05) is 18.4 Å². The summed E-state index contributed by atoms with van der Waals surface area (Å²) >= 11 is 1.46. The first-order valence-electron chi connectivity index (χ1n) is 11.1. The lowest BCUT2D eigenvalue weighted by atomic mass is 10.0. The smallest absolute Gasteiger partial charge is 0.274 e. The highest BCUT2D eigenvalue weighted by molar-refractivity contribution is 7.15. The molecule has 1 N–H and O–H groups in total. The zero-order valence-corrected chi connectivity index (χ0v) is 19.1. The first-order chi connectivity index (χ1) is 16.1. The number of nitrogens with zero attached hydrogens (tertiary/aromatic N) is 4. The second-order valence-corrected chi connectivity index (χ2v) is 9.40. The van der Waals surface area contributed by atoms with Crippen molar-refractivity contribution >= 4 is 34.1 Å².